The average Bonchev–Trinajstić information content (AvgIpc) is 2.99. The number of hydrazine groups is 1. The van der Waals surface area contributed by atoms with Crippen LogP contribution >= 0.6 is 0 Å². The predicted molar refractivity (Wildman–Crippen MR) is 167 cm³/mol. The highest BCUT2D eigenvalue weighted by Gasteiger charge is 2.30. The maximum absolute atomic E-state index is 15.2. The third-order valence-corrected chi connectivity index (χ3v) is 9.41. The van der Waals surface area contributed by atoms with Gasteiger partial charge in [0.05, 0.1) is 18.1 Å². The Morgan fingerprint density at radius 2 is 1.50 bits per heavy atom. The zero-order valence-electron chi connectivity index (χ0n) is 26.3. The van der Waals surface area contributed by atoms with Gasteiger partial charge in [0.1, 0.15) is 5.82 Å². The van der Waals surface area contributed by atoms with Gasteiger partial charge >= 0.3 is 18.4 Å². The molecule has 0 spiro atoms. The molecule has 15 heteroatoms. The second-order valence-corrected chi connectivity index (χ2v) is 15.1. The number of amides is 4. The summed E-state index contributed by atoms with van der Waals surface area (Å²) in [6, 6.07) is 10.3. The van der Waals surface area contributed by atoms with Crippen LogP contribution in [0.3, 0.4) is 0 Å². The van der Waals surface area contributed by atoms with Gasteiger partial charge in [0.2, 0.25) is 0 Å². The Labute approximate surface area is 267 Å². The fourth-order valence-corrected chi connectivity index (χ4v) is 6.59. The number of nitrogens with zero attached hydrogens (tertiary/aromatic N) is 4. The standard InChI is InChI=1S/C31H41F3N6O5S/c1-31(2,3)21-38-12-10-37(11-13-38)19-22-4-8-25(9-5-22)40(30(43)39-14-16-46(44,45)17-15-39)20-24-7-6-23(18-26(24)32)28(41)35-36-29(42)27(33)34/h4-9,18,27H,10-17,19-21H2,1-3H3,(H,35,41)(H,36,42). The molecular formula is C31H41F3N6O5S. The van der Waals surface area contributed by atoms with Crippen LogP contribution in [0.4, 0.5) is 23.7 Å². The highest BCUT2D eigenvalue weighted by atomic mass is 32.2. The summed E-state index contributed by atoms with van der Waals surface area (Å²) in [5.41, 5.74) is 4.93. The van der Waals surface area contributed by atoms with Crippen molar-refractivity contribution in [3.63, 3.8) is 0 Å². The molecule has 0 atom stereocenters. The number of hydrogen-bond donors (Lipinski definition) is 2. The summed E-state index contributed by atoms with van der Waals surface area (Å²) in [7, 11) is -3.25. The fourth-order valence-electron chi connectivity index (χ4n) is 5.39. The van der Waals surface area contributed by atoms with Gasteiger partial charge in [-0.05, 0) is 35.2 Å². The average molecular weight is 667 g/mol. The van der Waals surface area contributed by atoms with Gasteiger partial charge < -0.3 is 9.80 Å². The Morgan fingerprint density at radius 1 is 0.891 bits per heavy atom. The van der Waals surface area contributed by atoms with E-state index in [1.807, 2.05) is 12.1 Å². The number of sulfone groups is 1. The molecular weight excluding hydrogens is 625 g/mol. The lowest BCUT2D eigenvalue weighted by Crippen LogP contribution is -2.49. The van der Waals surface area contributed by atoms with Crippen LogP contribution in [0.1, 0.15) is 42.3 Å². The van der Waals surface area contributed by atoms with Crippen LogP contribution in [0.5, 0.6) is 0 Å². The molecule has 2 aliphatic heterocycles. The number of carbonyl (C=O) groups excluding carboxylic acids is 3. The topological polar surface area (TPSA) is 122 Å². The maximum atomic E-state index is 15.2. The lowest BCUT2D eigenvalue weighted by molar-refractivity contribution is -0.132. The molecule has 0 bridgehead atoms. The molecule has 2 fully saturated rings. The van der Waals surface area contributed by atoms with Crippen molar-refractivity contribution < 1.29 is 36.0 Å². The third kappa shape index (κ3) is 9.90. The number of rotatable bonds is 8. The third-order valence-electron chi connectivity index (χ3n) is 7.80. The second kappa shape index (κ2) is 14.8. The molecule has 11 nitrogen and oxygen atoms in total. The van der Waals surface area contributed by atoms with Crippen LogP contribution in [0, 0.1) is 11.2 Å². The first kappa shape index (κ1) is 35.2. The second-order valence-electron chi connectivity index (χ2n) is 12.8. The lowest BCUT2D eigenvalue weighted by atomic mass is 9.96. The van der Waals surface area contributed by atoms with E-state index in [1.165, 1.54) is 21.9 Å². The minimum atomic E-state index is -3.34. The molecule has 0 unspecified atom stereocenters. The maximum Gasteiger partial charge on any atom is 0.324 e. The Morgan fingerprint density at radius 3 is 2.07 bits per heavy atom. The quantitative estimate of drug-likeness (QED) is 0.416. The van der Waals surface area contributed by atoms with Crippen LogP contribution in [0.2, 0.25) is 0 Å². The van der Waals surface area contributed by atoms with Gasteiger partial charge in [0, 0.05) is 69.2 Å². The van der Waals surface area contributed by atoms with Gasteiger partial charge in [0.15, 0.2) is 9.84 Å². The smallest absolute Gasteiger partial charge is 0.322 e. The van der Waals surface area contributed by atoms with E-state index in [0.29, 0.717) is 5.69 Å². The number of piperazine rings is 1. The summed E-state index contributed by atoms with van der Waals surface area (Å²) in [6.07, 6.45) is -3.34. The van der Waals surface area contributed by atoms with Crippen molar-refractivity contribution in [2.24, 2.45) is 5.41 Å². The van der Waals surface area contributed by atoms with Gasteiger partial charge in [-0.2, -0.15) is 8.78 Å². The van der Waals surface area contributed by atoms with E-state index in [2.05, 4.69) is 30.6 Å². The normalized spacial score (nSPS) is 17.5. The molecule has 2 aliphatic rings. The fraction of sp³-hybridized carbons (Fsp3) is 0.516. The van der Waals surface area contributed by atoms with Crippen LogP contribution in [-0.2, 0) is 27.7 Å². The number of alkyl halides is 2. The first-order valence-electron chi connectivity index (χ1n) is 15.1. The Balaban J connectivity index is 1.48. The van der Waals surface area contributed by atoms with Crippen molar-refractivity contribution in [1.82, 2.24) is 25.6 Å². The van der Waals surface area contributed by atoms with Crippen molar-refractivity contribution in [3.05, 3.63) is 65.0 Å². The predicted octanol–water partition coefficient (Wildman–Crippen LogP) is 2.87. The summed E-state index contributed by atoms with van der Waals surface area (Å²) < 4.78 is 64.0. The van der Waals surface area contributed by atoms with E-state index < -0.39 is 39.9 Å². The molecule has 0 aliphatic carbocycles. The van der Waals surface area contributed by atoms with E-state index in [1.54, 1.807) is 23.0 Å². The van der Waals surface area contributed by atoms with E-state index in [-0.39, 0.29) is 47.7 Å². The minimum Gasteiger partial charge on any atom is -0.322 e. The summed E-state index contributed by atoms with van der Waals surface area (Å²) in [5, 5.41) is 0. The Bertz CT molecular complexity index is 1500. The van der Waals surface area contributed by atoms with E-state index >= 15 is 4.39 Å². The van der Waals surface area contributed by atoms with Crippen LogP contribution in [-0.4, -0.2) is 105 Å². The van der Waals surface area contributed by atoms with E-state index in [4.69, 9.17) is 0 Å². The molecule has 0 saturated carbocycles. The van der Waals surface area contributed by atoms with Crippen LogP contribution in [0.15, 0.2) is 42.5 Å². The number of anilines is 1. The monoisotopic (exact) mass is 666 g/mol. The Hall–Kier alpha value is -3.69. The largest absolute Gasteiger partial charge is 0.324 e. The summed E-state index contributed by atoms with van der Waals surface area (Å²) in [6.45, 7) is 12.1. The highest BCUT2D eigenvalue weighted by Crippen LogP contribution is 2.24. The summed E-state index contributed by atoms with van der Waals surface area (Å²) >= 11 is 0. The molecule has 2 N–H and O–H groups in total. The van der Waals surface area contributed by atoms with E-state index in [9.17, 15) is 31.6 Å². The van der Waals surface area contributed by atoms with Crippen molar-refractivity contribution in [2.45, 2.75) is 40.3 Å². The lowest BCUT2D eigenvalue weighted by Gasteiger charge is -2.38. The first-order chi connectivity index (χ1) is 21.6. The van der Waals surface area contributed by atoms with Gasteiger partial charge in [-0.25, -0.2) is 17.6 Å². The molecule has 2 saturated heterocycles. The number of hydrogen-bond acceptors (Lipinski definition) is 7. The van der Waals surface area contributed by atoms with Crippen molar-refractivity contribution >= 4 is 33.4 Å². The van der Waals surface area contributed by atoms with Crippen LogP contribution < -0.4 is 15.8 Å². The minimum absolute atomic E-state index is 0.00285. The van der Waals surface area contributed by atoms with Crippen molar-refractivity contribution in [2.75, 3.05) is 62.2 Å². The molecule has 46 heavy (non-hydrogen) atoms. The summed E-state index contributed by atoms with van der Waals surface area (Å²) in [4.78, 5) is 44.6. The highest BCUT2D eigenvalue weighted by molar-refractivity contribution is 7.91. The van der Waals surface area contributed by atoms with Crippen LogP contribution in [0.25, 0.3) is 0 Å². The summed E-state index contributed by atoms with van der Waals surface area (Å²) in [5.74, 6) is -3.90. The number of benzene rings is 2. The molecule has 0 aromatic heterocycles. The van der Waals surface area contributed by atoms with Crippen molar-refractivity contribution in [3.8, 4) is 0 Å². The number of nitrogens with one attached hydrogen (secondary N) is 2. The first-order valence-corrected chi connectivity index (χ1v) is 16.9. The SMILES string of the molecule is CC(C)(C)CN1CCN(Cc2ccc(N(Cc3ccc(C(=O)NNC(=O)C(F)F)cc3F)C(=O)N3CCS(=O)(=O)CC3)cc2)CC1. The molecule has 252 valence electrons. The molecule has 4 rings (SSSR count). The van der Waals surface area contributed by atoms with Gasteiger partial charge in [-0.1, -0.05) is 39.0 Å². The van der Waals surface area contributed by atoms with Gasteiger partial charge in [-0.15, -0.1) is 0 Å². The van der Waals surface area contributed by atoms with Gasteiger partial charge in [-0.3, -0.25) is 30.2 Å². The number of halogens is 3. The van der Waals surface area contributed by atoms with Crippen molar-refractivity contribution in [1.29, 1.82) is 0 Å². The number of urea groups is 1. The zero-order valence-corrected chi connectivity index (χ0v) is 27.1. The molecule has 4 amide bonds. The molecule has 2 heterocycles. The Kier molecular flexibility index (Phi) is 11.3. The number of carbonyl (C=O) groups is 3. The molecule has 2 aromatic carbocycles. The molecule has 0 radical (unpaired) electrons. The zero-order chi connectivity index (χ0) is 33.6. The van der Waals surface area contributed by atoms with E-state index in [0.717, 1.165) is 50.9 Å². The van der Waals surface area contributed by atoms with Gasteiger partial charge in [0.25, 0.3) is 5.91 Å². The molecule has 2 aromatic rings.